The number of carbonyl (C=O) groups is 1. The monoisotopic (exact) mass is 282 g/mol. The summed E-state index contributed by atoms with van der Waals surface area (Å²) in [6.45, 7) is 1.90. The number of hydrogen-bond acceptors (Lipinski definition) is 3. The summed E-state index contributed by atoms with van der Waals surface area (Å²) in [7, 11) is 0. The standard InChI is InChI=1S/C17H18N2O2/c1-11(18)13-7-3-4-8-14(13)19-17(20)16-10-12-6-2-5-9-15(12)21-16/h2-9,11,16H,10,18H2,1H3,(H,19,20). The minimum Gasteiger partial charge on any atom is -0.480 e. The molecule has 1 heterocycles. The second-order valence-corrected chi connectivity index (χ2v) is 5.28. The largest absolute Gasteiger partial charge is 0.480 e. The number of amides is 1. The van der Waals surface area contributed by atoms with Crippen LogP contribution in [0.2, 0.25) is 0 Å². The number of hydrogen-bond donors (Lipinski definition) is 2. The Morgan fingerprint density at radius 2 is 1.95 bits per heavy atom. The quantitative estimate of drug-likeness (QED) is 0.909. The van der Waals surface area contributed by atoms with Crippen LogP contribution in [0.5, 0.6) is 5.75 Å². The summed E-state index contributed by atoms with van der Waals surface area (Å²) >= 11 is 0. The summed E-state index contributed by atoms with van der Waals surface area (Å²) in [6.07, 6.45) is 0.117. The highest BCUT2D eigenvalue weighted by molar-refractivity contribution is 5.95. The summed E-state index contributed by atoms with van der Waals surface area (Å²) < 4.78 is 5.70. The number of nitrogens with one attached hydrogen (secondary N) is 1. The number of ether oxygens (including phenoxy) is 1. The first-order chi connectivity index (χ1) is 10.1. The van der Waals surface area contributed by atoms with Crippen molar-refractivity contribution in [2.45, 2.75) is 25.5 Å². The molecule has 3 N–H and O–H groups in total. The zero-order valence-electron chi connectivity index (χ0n) is 11.9. The van der Waals surface area contributed by atoms with E-state index < -0.39 is 6.10 Å². The molecule has 0 saturated carbocycles. The predicted molar refractivity (Wildman–Crippen MR) is 82.2 cm³/mol. The third kappa shape index (κ3) is 2.76. The zero-order valence-corrected chi connectivity index (χ0v) is 11.9. The van der Waals surface area contributed by atoms with Crippen molar-refractivity contribution in [3.8, 4) is 5.75 Å². The Kier molecular flexibility index (Phi) is 3.62. The molecule has 0 saturated heterocycles. The van der Waals surface area contributed by atoms with E-state index >= 15 is 0 Å². The van der Waals surface area contributed by atoms with E-state index in [0.29, 0.717) is 6.42 Å². The molecule has 1 amide bonds. The highest BCUT2D eigenvalue weighted by Gasteiger charge is 2.29. The minimum atomic E-state index is -0.483. The highest BCUT2D eigenvalue weighted by Crippen LogP contribution is 2.29. The lowest BCUT2D eigenvalue weighted by molar-refractivity contribution is -0.122. The fourth-order valence-electron chi connectivity index (χ4n) is 2.55. The van der Waals surface area contributed by atoms with Gasteiger partial charge in [-0.15, -0.1) is 0 Å². The topological polar surface area (TPSA) is 64.3 Å². The van der Waals surface area contributed by atoms with E-state index in [2.05, 4.69) is 5.32 Å². The third-order valence-electron chi connectivity index (χ3n) is 3.65. The number of nitrogens with two attached hydrogens (primary N) is 1. The molecular formula is C17H18N2O2. The minimum absolute atomic E-state index is 0.136. The maximum absolute atomic E-state index is 12.4. The van der Waals surface area contributed by atoms with Crippen LogP contribution < -0.4 is 15.8 Å². The van der Waals surface area contributed by atoms with Crippen molar-refractivity contribution in [2.75, 3.05) is 5.32 Å². The van der Waals surface area contributed by atoms with Gasteiger partial charge in [-0.1, -0.05) is 36.4 Å². The number of carbonyl (C=O) groups excluding carboxylic acids is 1. The molecule has 0 spiro atoms. The fraction of sp³-hybridized carbons (Fsp3) is 0.235. The molecular weight excluding hydrogens is 264 g/mol. The van der Waals surface area contributed by atoms with Crippen LogP contribution in [0.3, 0.4) is 0 Å². The van der Waals surface area contributed by atoms with E-state index in [-0.39, 0.29) is 11.9 Å². The molecule has 0 radical (unpaired) electrons. The Balaban J connectivity index is 1.74. The predicted octanol–water partition coefficient (Wildman–Crippen LogP) is 2.65. The first-order valence-electron chi connectivity index (χ1n) is 7.05. The van der Waals surface area contributed by atoms with E-state index in [1.54, 1.807) is 0 Å². The van der Waals surface area contributed by atoms with Crippen molar-refractivity contribution in [3.05, 3.63) is 59.7 Å². The third-order valence-corrected chi connectivity index (χ3v) is 3.65. The number of para-hydroxylation sites is 2. The molecule has 4 nitrogen and oxygen atoms in total. The fourth-order valence-corrected chi connectivity index (χ4v) is 2.55. The Labute approximate surface area is 123 Å². The molecule has 0 aliphatic carbocycles. The molecule has 0 bridgehead atoms. The lowest BCUT2D eigenvalue weighted by Gasteiger charge is -2.16. The van der Waals surface area contributed by atoms with Gasteiger partial charge in [0.25, 0.3) is 5.91 Å². The Morgan fingerprint density at radius 3 is 2.71 bits per heavy atom. The summed E-state index contributed by atoms with van der Waals surface area (Å²) in [4.78, 5) is 12.4. The highest BCUT2D eigenvalue weighted by atomic mass is 16.5. The van der Waals surface area contributed by atoms with E-state index in [1.807, 2.05) is 55.5 Å². The second-order valence-electron chi connectivity index (χ2n) is 5.28. The lowest BCUT2D eigenvalue weighted by atomic mass is 10.1. The average Bonchev–Trinajstić information content (AvgIpc) is 2.91. The molecule has 3 rings (SSSR count). The molecule has 0 aromatic heterocycles. The smallest absolute Gasteiger partial charge is 0.265 e. The average molecular weight is 282 g/mol. The first kappa shape index (κ1) is 13.6. The van der Waals surface area contributed by atoms with Crippen LogP contribution in [-0.2, 0) is 11.2 Å². The molecule has 2 aromatic carbocycles. The molecule has 2 atom stereocenters. The van der Waals surface area contributed by atoms with Gasteiger partial charge in [0.15, 0.2) is 6.10 Å². The molecule has 2 unspecified atom stereocenters. The van der Waals surface area contributed by atoms with Gasteiger partial charge in [-0.05, 0) is 30.2 Å². The van der Waals surface area contributed by atoms with Gasteiger partial charge in [0.1, 0.15) is 5.75 Å². The number of benzene rings is 2. The van der Waals surface area contributed by atoms with Gasteiger partial charge in [-0.25, -0.2) is 0 Å². The Morgan fingerprint density at radius 1 is 1.24 bits per heavy atom. The maximum atomic E-state index is 12.4. The van der Waals surface area contributed by atoms with Crippen LogP contribution >= 0.6 is 0 Å². The first-order valence-corrected chi connectivity index (χ1v) is 7.05. The molecule has 4 heteroatoms. The lowest BCUT2D eigenvalue weighted by Crippen LogP contribution is -2.32. The van der Waals surface area contributed by atoms with Gasteiger partial charge in [0, 0.05) is 18.2 Å². The van der Waals surface area contributed by atoms with Gasteiger partial charge < -0.3 is 15.8 Å². The van der Waals surface area contributed by atoms with Crippen molar-refractivity contribution < 1.29 is 9.53 Å². The molecule has 108 valence electrons. The van der Waals surface area contributed by atoms with Crippen molar-refractivity contribution in [2.24, 2.45) is 5.73 Å². The van der Waals surface area contributed by atoms with E-state index in [0.717, 1.165) is 22.6 Å². The molecule has 21 heavy (non-hydrogen) atoms. The zero-order chi connectivity index (χ0) is 14.8. The molecule has 1 aliphatic rings. The van der Waals surface area contributed by atoms with Gasteiger partial charge >= 0.3 is 0 Å². The van der Waals surface area contributed by atoms with Gasteiger partial charge in [-0.3, -0.25) is 4.79 Å². The SMILES string of the molecule is CC(N)c1ccccc1NC(=O)C1Cc2ccccc2O1. The van der Waals surface area contributed by atoms with Crippen LogP contribution in [0, 0.1) is 0 Å². The van der Waals surface area contributed by atoms with Crippen molar-refractivity contribution in [1.29, 1.82) is 0 Å². The van der Waals surface area contributed by atoms with Crippen molar-refractivity contribution >= 4 is 11.6 Å². The van der Waals surface area contributed by atoms with Gasteiger partial charge in [-0.2, -0.15) is 0 Å². The summed E-state index contributed by atoms with van der Waals surface area (Å²) in [5, 5.41) is 2.92. The summed E-state index contributed by atoms with van der Waals surface area (Å²) in [6, 6.07) is 15.2. The number of anilines is 1. The van der Waals surface area contributed by atoms with Crippen LogP contribution in [0.4, 0.5) is 5.69 Å². The van der Waals surface area contributed by atoms with Gasteiger partial charge in [0.05, 0.1) is 0 Å². The van der Waals surface area contributed by atoms with Crippen LogP contribution in [-0.4, -0.2) is 12.0 Å². The summed E-state index contributed by atoms with van der Waals surface area (Å²) in [5.41, 5.74) is 8.66. The van der Waals surface area contributed by atoms with E-state index in [1.165, 1.54) is 0 Å². The second kappa shape index (κ2) is 5.58. The van der Waals surface area contributed by atoms with Crippen LogP contribution in [0.1, 0.15) is 24.1 Å². The van der Waals surface area contributed by atoms with E-state index in [9.17, 15) is 4.79 Å². The normalized spacial score (nSPS) is 17.7. The van der Waals surface area contributed by atoms with Crippen molar-refractivity contribution in [1.82, 2.24) is 0 Å². The van der Waals surface area contributed by atoms with E-state index in [4.69, 9.17) is 10.5 Å². The van der Waals surface area contributed by atoms with Crippen molar-refractivity contribution in [3.63, 3.8) is 0 Å². The number of fused-ring (bicyclic) bond motifs is 1. The molecule has 0 fully saturated rings. The number of rotatable bonds is 3. The van der Waals surface area contributed by atoms with Crippen LogP contribution in [0.15, 0.2) is 48.5 Å². The molecule has 2 aromatic rings. The van der Waals surface area contributed by atoms with Crippen LogP contribution in [0.25, 0.3) is 0 Å². The maximum Gasteiger partial charge on any atom is 0.265 e. The van der Waals surface area contributed by atoms with Gasteiger partial charge in [0.2, 0.25) is 0 Å². The molecule has 1 aliphatic heterocycles. The summed E-state index contributed by atoms with van der Waals surface area (Å²) in [5.74, 6) is 0.650. The Hall–Kier alpha value is -2.33. The Bertz CT molecular complexity index is 642.